The predicted molar refractivity (Wildman–Crippen MR) is 78.9 cm³/mol. The molecule has 0 saturated heterocycles. The highest BCUT2D eigenvalue weighted by Gasteiger charge is 2.28. The van der Waals surface area contributed by atoms with E-state index in [1.165, 1.54) is 32.1 Å². The second kappa shape index (κ2) is 6.99. The van der Waals surface area contributed by atoms with Crippen molar-refractivity contribution in [2.24, 2.45) is 11.8 Å². The summed E-state index contributed by atoms with van der Waals surface area (Å²) < 4.78 is 0. The molecule has 1 saturated carbocycles. The molecule has 1 fully saturated rings. The fraction of sp³-hybridized carbons (Fsp3) is 0.750. The lowest BCUT2D eigenvalue weighted by atomic mass is 9.77. The molecule has 3 heteroatoms. The van der Waals surface area contributed by atoms with Gasteiger partial charge >= 0.3 is 0 Å². The van der Waals surface area contributed by atoms with Crippen molar-refractivity contribution in [2.45, 2.75) is 58.9 Å². The van der Waals surface area contributed by atoms with Gasteiger partial charge in [-0.3, -0.25) is 9.97 Å². The summed E-state index contributed by atoms with van der Waals surface area (Å²) in [5.41, 5.74) is 2.11. The topological polar surface area (TPSA) is 37.8 Å². The molecule has 0 amide bonds. The smallest absolute Gasteiger partial charge is 0.0759 e. The van der Waals surface area contributed by atoms with E-state index in [0.29, 0.717) is 6.04 Å². The second-order valence-corrected chi connectivity index (χ2v) is 5.81. The van der Waals surface area contributed by atoms with Gasteiger partial charge in [-0.05, 0) is 38.1 Å². The molecule has 1 unspecified atom stereocenters. The molecule has 1 aliphatic rings. The van der Waals surface area contributed by atoms with Crippen molar-refractivity contribution >= 4 is 0 Å². The van der Waals surface area contributed by atoms with E-state index < -0.39 is 0 Å². The largest absolute Gasteiger partial charge is 0.309 e. The Bertz CT molecular complexity index is 366. The molecule has 1 atom stereocenters. The van der Waals surface area contributed by atoms with Gasteiger partial charge < -0.3 is 5.32 Å². The standard InChI is InChI=1S/C16H27N3/c1-4-13-6-8-14(9-7-13)16(17-5-2)15-11-18-12(3)10-19-15/h10-11,13-14,16-17H,4-9H2,1-3H3. The molecule has 106 valence electrons. The minimum absolute atomic E-state index is 0.385. The first kappa shape index (κ1) is 14.4. The van der Waals surface area contributed by atoms with Crippen LogP contribution in [0.2, 0.25) is 0 Å². The first-order chi connectivity index (χ1) is 9.24. The maximum Gasteiger partial charge on any atom is 0.0759 e. The van der Waals surface area contributed by atoms with Crippen LogP contribution in [0.5, 0.6) is 0 Å². The van der Waals surface area contributed by atoms with Gasteiger partial charge in [-0.1, -0.05) is 33.1 Å². The molecule has 0 bridgehead atoms. The average Bonchev–Trinajstić information content (AvgIpc) is 2.46. The average molecular weight is 261 g/mol. The zero-order chi connectivity index (χ0) is 13.7. The van der Waals surface area contributed by atoms with Gasteiger partial charge in [-0.15, -0.1) is 0 Å². The van der Waals surface area contributed by atoms with Crippen molar-refractivity contribution in [3.63, 3.8) is 0 Å². The van der Waals surface area contributed by atoms with Gasteiger partial charge in [0.15, 0.2) is 0 Å². The van der Waals surface area contributed by atoms with Crippen molar-refractivity contribution in [3.8, 4) is 0 Å². The number of aromatic nitrogens is 2. The van der Waals surface area contributed by atoms with Crippen LogP contribution in [0, 0.1) is 18.8 Å². The third kappa shape index (κ3) is 3.75. The van der Waals surface area contributed by atoms with E-state index in [4.69, 9.17) is 0 Å². The molecule has 0 aromatic carbocycles. The van der Waals surface area contributed by atoms with Crippen LogP contribution in [-0.2, 0) is 0 Å². The molecule has 0 spiro atoms. The summed E-state index contributed by atoms with van der Waals surface area (Å²) in [6, 6.07) is 0.385. The SMILES string of the molecule is CCNC(c1cnc(C)cn1)C1CCC(CC)CC1. The summed E-state index contributed by atoms with van der Waals surface area (Å²) >= 11 is 0. The monoisotopic (exact) mass is 261 g/mol. The highest BCUT2D eigenvalue weighted by atomic mass is 15.0. The second-order valence-electron chi connectivity index (χ2n) is 5.81. The Hall–Kier alpha value is -0.960. The highest BCUT2D eigenvalue weighted by molar-refractivity contribution is 5.07. The summed E-state index contributed by atoms with van der Waals surface area (Å²) in [5.74, 6) is 1.67. The minimum atomic E-state index is 0.385. The van der Waals surface area contributed by atoms with Crippen LogP contribution in [0.15, 0.2) is 12.4 Å². The van der Waals surface area contributed by atoms with Gasteiger partial charge in [-0.2, -0.15) is 0 Å². The van der Waals surface area contributed by atoms with Crippen LogP contribution < -0.4 is 5.32 Å². The van der Waals surface area contributed by atoms with E-state index in [9.17, 15) is 0 Å². The Balaban J connectivity index is 2.05. The van der Waals surface area contributed by atoms with Gasteiger partial charge in [-0.25, -0.2) is 0 Å². The normalized spacial score (nSPS) is 25.2. The minimum Gasteiger partial charge on any atom is -0.309 e. The summed E-state index contributed by atoms with van der Waals surface area (Å²) in [6.45, 7) is 7.48. The molecular weight excluding hydrogens is 234 g/mol. The van der Waals surface area contributed by atoms with Gasteiger partial charge in [0.25, 0.3) is 0 Å². The maximum absolute atomic E-state index is 4.59. The van der Waals surface area contributed by atoms with Crippen LogP contribution in [0.4, 0.5) is 0 Å². The quantitative estimate of drug-likeness (QED) is 0.879. The molecule has 0 aliphatic heterocycles. The van der Waals surface area contributed by atoms with Crippen molar-refractivity contribution in [1.82, 2.24) is 15.3 Å². The molecule has 1 aromatic rings. The summed E-state index contributed by atoms with van der Waals surface area (Å²) in [4.78, 5) is 8.99. The van der Waals surface area contributed by atoms with E-state index in [2.05, 4.69) is 29.1 Å². The van der Waals surface area contributed by atoms with Crippen LogP contribution in [-0.4, -0.2) is 16.5 Å². The first-order valence-electron chi connectivity index (χ1n) is 7.76. The Morgan fingerprint density at radius 1 is 1.16 bits per heavy atom. The Labute approximate surface area is 117 Å². The lowest BCUT2D eigenvalue weighted by molar-refractivity contribution is 0.217. The lowest BCUT2D eigenvalue weighted by Gasteiger charge is -2.33. The van der Waals surface area contributed by atoms with Gasteiger partial charge in [0.1, 0.15) is 0 Å². The van der Waals surface area contributed by atoms with E-state index in [0.717, 1.165) is 29.8 Å². The summed E-state index contributed by atoms with van der Waals surface area (Å²) in [7, 11) is 0. The third-order valence-electron chi connectivity index (χ3n) is 4.48. The number of nitrogens with one attached hydrogen (secondary N) is 1. The Morgan fingerprint density at radius 3 is 2.42 bits per heavy atom. The fourth-order valence-electron chi connectivity index (χ4n) is 3.23. The van der Waals surface area contributed by atoms with E-state index in [-0.39, 0.29) is 0 Å². The molecule has 1 aromatic heterocycles. The number of hydrogen-bond acceptors (Lipinski definition) is 3. The van der Waals surface area contributed by atoms with Crippen LogP contribution in [0.3, 0.4) is 0 Å². The van der Waals surface area contributed by atoms with Gasteiger partial charge in [0, 0.05) is 6.20 Å². The van der Waals surface area contributed by atoms with Crippen LogP contribution in [0.25, 0.3) is 0 Å². The van der Waals surface area contributed by atoms with Crippen molar-refractivity contribution in [3.05, 3.63) is 23.8 Å². The molecular formula is C16H27N3. The maximum atomic E-state index is 4.59. The van der Waals surface area contributed by atoms with Crippen molar-refractivity contribution < 1.29 is 0 Å². The van der Waals surface area contributed by atoms with Crippen molar-refractivity contribution in [2.75, 3.05) is 6.54 Å². The zero-order valence-electron chi connectivity index (χ0n) is 12.5. The predicted octanol–water partition coefficient (Wildman–Crippen LogP) is 3.65. The first-order valence-corrected chi connectivity index (χ1v) is 7.76. The fourth-order valence-corrected chi connectivity index (χ4v) is 3.23. The number of rotatable bonds is 5. The molecule has 19 heavy (non-hydrogen) atoms. The van der Waals surface area contributed by atoms with E-state index >= 15 is 0 Å². The molecule has 3 nitrogen and oxygen atoms in total. The van der Waals surface area contributed by atoms with E-state index in [1.54, 1.807) is 0 Å². The van der Waals surface area contributed by atoms with Gasteiger partial charge in [0.2, 0.25) is 0 Å². The van der Waals surface area contributed by atoms with E-state index in [1.807, 2.05) is 19.3 Å². The molecule has 1 heterocycles. The number of nitrogens with zero attached hydrogens (tertiary/aromatic N) is 2. The lowest BCUT2D eigenvalue weighted by Crippen LogP contribution is -2.31. The van der Waals surface area contributed by atoms with Crippen LogP contribution in [0.1, 0.15) is 63.4 Å². The highest BCUT2D eigenvalue weighted by Crippen LogP contribution is 2.37. The van der Waals surface area contributed by atoms with Crippen LogP contribution >= 0.6 is 0 Å². The number of aryl methyl sites for hydroxylation is 1. The number of hydrogen-bond donors (Lipinski definition) is 1. The third-order valence-corrected chi connectivity index (χ3v) is 4.48. The Morgan fingerprint density at radius 2 is 1.89 bits per heavy atom. The van der Waals surface area contributed by atoms with Crippen molar-refractivity contribution in [1.29, 1.82) is 0 Å². The Kier molecular flexibility index (Phi) is 5.32. The summed E-state index contributed by atoms with van der Waals surface area (Å²) in [6.07, 6.45) is 10.6. The van der Waals surface area contributed by atoms with Gasteiger partial charge in [0.05, 0.1) is 23.6 Å². The molecule has 1 aliphatic carbocycles. The molecule has 0 radical (unpaired) electrons. The zero-order valence-corrected chi connectivity index (χ0v) is 12.5. The molecule has 1 N–H and O–H groups in total. The summed E-state index contributed by atoms with van der Waals surface area (Å²) in [5, 5.41) is 3.62. The molecule has 2 rings (SSSR count).